The van der Waals surface area contributed by atoms with Crippen LogP contribution in [0.2, 0.25) is 0 Å². The summed E-state index contributed by atoms with van der Waals surface area (Å²) in [6.07, 6.45) is 0. The van der Waals surface area contributed by atoms with Crippen molar-refractivity contribution in [2.45, 2.75) is 4.90 Å². The number of anilines is 2. The van der Waals surface area contributed by atoms with E-state index in [2.05, 4.69) is 20.7 Å². The molecule has 2 aromatic rings. The fourth-order valence-corrected chi connectivity index (χ4v) is 3.30. The van der Waals surface area contributed by atoms with Crippen molar-refractivity contribution in [3.63, 3.8) is 0 Å². The second-order valence-electron chi connectivity index (χ2n) is 4.06. The van der Waals surface area contributed by atoms with Crippen molar-refractivity contribution in [2.24, 2.45) is 0 Å². The summed E-state index contributed by atoms with van der Waals surface area (Å²) in [4.78, 5) is -0.438. The molecule has 2 rings (SSSR count). The Labute approximate surface area is 129 Å². The van der Waals surface area contributed by atoms with Gasteiger partial charge in [0.2, 0.25) is 0 Å². The van der Waals surface area contributed by atoms with Crippen molar-refractivity contribution >= 4 is 37.3 Å². The third-order valence-electron chi connectivity index (χ3n) is 2.63. The molecule has 0 saturated heterocycles. The van der Waals surface area contributed by atoms with Gasteiger partial charge in [0.15, 0.2) is 0 Å². The molecule has 21 heavy (non-hydrogen) atoms. The highest BCUT2D eigenvalue weighted by Gasteiger charge is 2.22. The van der Waals surface area contributed by atoms with E-state index in [0.29, 0.717) is 4.47 Å². The molecule has 0 unspecified atom stereocenters. The first-order valence-electron chi connectivity index (χ1n) is 5.61. The molecule has 2 aromatic carbocycles. The summed E-state index contributed by atoms with van der Waals surface area (Å²) >= 11 is 3.20. The number of nitrogens with two attached hydrogens (primary N) is 1. The number of nitriles is 1. The SMILES string of the molecule is N#Cc1c(F)cccc1S(=O)(=O)Nc1ccc(Br)cc1N. The van der Waals surface area contributed by atoms with E-state index in [1.165, 1.54) is 18.2 Å². The van der Waals surface area contributed by atoms with Crippen LogP contribution >= 0.6 is 15.9 Å². The lowest BCUT2D eigenvalue weighted by molar-refractivity contribution is 0.593. The molecular formula is C13H9BrFN3O2S. The van der Waals surface area contributed by atoms with Crippen molar-refractivity contribution in [3.05, 3.63) is 52.3 Å². The van der Waals surface area contributed by atoms with Crippen LogP contribution in [-0.4, -0.2) is 8.42 Å². The van der Waals surface area contributed by atoms with E-state index in [-0.39, 0.29) is 11.4 Å². The molecule has 108 valence electrons. The van der Waals surface area contributed by atoms with Gasteiger partial charge in [0.25, 0.3) is 10.0 Å². The number of halogens is 2. The van der Waals surface area contributed by atoms with Crippen molar-refractivity contribution in [1.82, 2.24) is 0 Å². The molecule has 3 N–H and O–H groups in total. The largest absolute Gasteiger partial charge is 0.397 e. The molecule has 0 aliphatic carbocycles. The number of nitrogen functional groups attached to an aromatic ring is 1. The summed E-state index contributed by atoms with van der Waals surface area (Å²) in [5, 5.41) is 8.91. The van der Waals surface area contributed by atoms with E-state index in [4.69, 9.17) is 11.0 Å². The summed E-state index contributed by atoms with van der Waals surface area (Å²) < 4.78 is 41.0. The molecule has 5 nitrogen and oxygen atoms in total. The van der Waals surface area contributed by atoms with Crippen LogP contribution in [0.1, 0.15) is 5.56 Å². The number of sulfonamides is 1. The van der Waals surface area contributed by atoms with Crippen LogP contribution in [0.4, 0.5) is 15.8 Å². The van der Waals surface area contributed by atoms with E-state index in [0.717, 1.165) is 12.1 Å². The quantitative estimate of drug-likeness (QED) is 0.812. The molecule has 0 fully saturated rings. The standard InChI is InChI=1S/C13H9BrFN3O2S/c14-8-4-5-12(11(17)6-8)18-21(19,20)13-3-1-2-10(15)9(13)7-16/h1-6,18H,17H2. The van der Waals surface area contributed by atoms with Crippen LogP contribution in [0.25, 0.3) is 0 Å². The van der Waals surface area contributed by atoms with Gasteiger partial charge in [-0.1, -0.05) is 22.0 Å². The average Bonchev–Trinajstić information content (AvgIpc) is 2.41. The fraction of sp³-hybridized carbons (Fsp3) is 0. The van der Waals surface area contributed by atoms with Gasteiger partial charge in [0.1, 0.15) is 22.3 Å². The Balaban J connectivity index is 2.49. The second-order valence-corrected chi connectivity index (χ2v) is 6.63. The molecule has 0 aliphatic heterocycles. The fourth-order valence-electron chi connectivity index (χ4n) is 1.66. The predicted molar refractivity (Wildman–Crippen MR) is 80.5 cm³/mol. The van der Waals surface area contributed by atoms with Gasteiger partial charge < -0.3 is 5.73 Å². The average molecular weight is 370 g/mol. The van der Waals surface area contributed by atoms with E-state index < -0.39 is 26.3 Å². The topological polar surface area (TPSA) is 96.0 Å². The molecular weight excluding hydrogens is 361 g/mol. The van der Waals surface area contributed by atoms with E-state index in [9.17, 15) is 12.8 Å². The minimum Gasteiger partial charge on any atom is -0.397 e. The first kappa shape index (κ1) is 15.3. The van der Waals surface area contributed by atoms with Gasteiger partial charge in [0.05, 0.1) is 11.4 Å². The highest BCUT2D eigenvalue weighted by molar-refractivity contribution is 9.10. The molecule has 0 saturated carbocycles. The summed E-state index contributed by atoms with van der Waals surface area (Å²) in [6.45, 7) is 0. The van der Waals surface area contributed by atoms with Gasteiger partial charge >= 0.3 is 0 Å². The molecule has 0 radical (unpaired) electrons. The molecule has 0 aliphatic rings. The minimum atomic E-state index is -4.12. The van der Waals surface area contributed by atoms with Crippen LogP contribution in [0.15, 0.2) is 45.8 Å². The summed E-state index contributed by atoms with van der Waals surface area (Å²) in [5.41, 5.74) is 5.51. The summed E-state index contributed by atoms with van der Waals surface area (Å²) in [7, 11) is -4.12. The van der Waals surface area contributed by atoms with E-state index >= 15 is 0 Å². The maximum atomic E-state index is 13.5. The lowest BCUT2D eigenvalue weighted by Gasteiger charge is -2.11. The lowest BCUT2D eigenvalue weighted by Crippen LogP contribution is -2.16. The van der Waals surface area contributed by atoms with Crippen molar-refractivity contribution in [1.29, 1.82) is 5.26 Å². The van der Waals surface area contributed by atoms with Gasteiger partial charge in [-0.3, -0.25) is 4.72 Å². The highest BCUT2D eigenvalue weighted by Crippen LogP contribution is 2.27. The lowest BCUT2D eigenvalue weighted by atomic mass is 10.2. The monoisotopic (exact) mass is 369 g/mol. The zero-order chi connectivity index (χ0) is 15.6. The Hall–Kier alpha value is -2.11. The Morgan fingerprint density at radius 2 is 2.00 bits per heavy atom. The Morgan fingerprint density at radius 3 is 2.62 bits per heavy atom. The zero-order valence-electron chi connectivity index (χ0n) is 10.5. The smallest absolute Gasteiger partial charge is 0.263 e. The van der Waals surface area contributed by atoms with Gasteiger partial charge in [-0.05, 0) is 30.3 Å². The van der Waals surface area contributed by atoms with Crippen LogP contribution in [0.3, 0.4) is 0 Å². The predicted octanol–water partition coefficient (Wildman–Crippen LogP) is 2.84. The molecule has 0 bridgehead atoms. The van der Waals surface area contributed by atoms with Crippen molar-refractivity contribution in [2.75, 3.05) is 10.5 Å². The molecule has 0 amide bonds. The molecule has 0 aromatic heterocycles. The molecule has 0 heterocycles. The first-order valence-corrected chi connectivity index (χ1v) is 7.89. The number of benzene rings is 2. The number of hydrogen-bond acceptors (Lipinski definition) is 4. The van der Waals surface area contributed by atoms with Gasteiger partial charge in [0, 0.05) is 4.47 Å². The van der Waals surface area contributed by atoms with Crippen LogP contribution in [0.5, 0.6) is 0 Å². The number of nitrogens with one attached hydrogen (secondary N) is 1. The van der Waals surface area contributed by atoms with Gasteiger partial charge in [-0.2, -0.15) is 5.26 Å². The van der Waals surface area contributed by atoms with Gasteiger partial charge in [-0.25, -0.2) is 12.8 Å². The summed E-state index contributed by atoms with van der Waals surface area (Å²) in [6, 6.07) is 9.52. The Kier molecular flexibility index (Phi) is 4.16. The zero-order valence-corrected chi connectivity index (χ0v) is 12.9. The normalized spacial score (nSPS) is 10.9. The van der Waals surface area contributed by atoms with Crippen LogP contribution in [0, 0.1) is 17.1 Å². The summed E-state index contributed by atoms with van der Waals surface area (Å²) in [5.74, 6) is -0.899. The molecule has 0 spiro atoms. The number of nitrogens with zero attached hydrogens (tertiary/aromatic N) is 1. The maximum Gasteiger partial charge on any atom is 0.263 e. The Bertz CT molecular complexity index is 847. The van der Waals surface area contributed by atoms with E-state index in [1.54, 1.807) is 12.1 Å². The third-order valence-corrected chi connectivity index (χ3v) is 4.54. The highest BCUT2D eigenvalue weighted by atomic mass is 79.9. The van der Waals surface area contributed by atoms with Crippen molar-refractivity contribution in [3.8, 4) is 6.07 Å². The van der Waals surface area contributed by atoms with Gasteiger partial charge in [-0.15, -0.1) is 0 Å². The van der Waals surface area contributed by atoms with Crippen LogP contribution < -0.4 is 10.5 Å². The molecule has 8 heteroatoms. The van der Waals surface area contributed by atoms with Crippen LogP contribution in [-0.2, 0) is 10.0 Å². The van der Waals surface area contributed by atoms with E-state index in [1.807, 2.05) is 0 Å². The molecule has 0 atom stereocenters. The second kappa shape index (κ2) is 5.71. The minimum absolute atomic E-state index is 0.145. The van der Waals surface area contributed by atoms with Crippen molar-refractivity contribution < 1.29 is 12.8 Å². The first-order chi connectivity index (χ1) is 9.85. The maximum absolute atomic E-state index is 13.5. The Morgan fingerprint density at radius 1 is 1.29 bits per heavy atom. The third kappa shape index (κ3) is 3.15. The number of rotatable bonds is 3. The number of hydrogen-bond donors (Lipinski definition) is 2.